The lowest BCUT2D eigenvalue weighted by Crippen LogP contribution is -2.54. The third-order valence-electron chi connectivity index (χ3n) is 3.58. The van der Waals surface area contributed by atoms with E-state index < -0.39 is 0 Å². The summed E-state index contributed by atoms with van der Waals surface area (Å²) in [7, 11) is 0. The molecule has 0 spiro atoms. The number of rotatable bonds is 3. The summed E-state index contributed by atoms with van der Waals surface area (Å²) < 4.78 is 0. The Morgan fingerprint density at radius 1 is 1.32 bits per heavy atom. The van der Waals surface area contributed by atoms with Crippen LogP contribution in [0.25, 0.3) is 0 Å². The van der Waals surface area contributed by atoms with Gasteiger partial charge >= 0.3 is 0 Å². The highest BCUT2D eigenvalue weighted by molar-refractivity contribution is 6.30. The topological polar surface area (TPSA) is 15.3 Å². The molecule has 1 aromatic rings. The molecule has 1 saturated heterocycles. The van der Waals surface area contributed by atoms with Crippen molar-refractivity contribution in [2.24, 2.45) is 0 Å². The number of nitrogens with one attached hydrogen (secondary N) is 1. The Kier molecular flexibility index (Phi) is 6.61. The highest BCUT2D eigenvalue weighted by atomic mass is 35.5. The quantitative estimate of drug-likeness (QED) is 0.918. The maximum Gasteiger partial charge on any atom is 0.0408 e. The summed E-state index contributed by atoms with van der Waals surface area (Å²) in [6.45, 7) is 10.2. The van der Waals surface area contributed by atoms with Crippen LogP contribution in [0.15, 0.2) is 24.3 Å². The van der Waals surface area contributed by atoms with Crippen molar-refractivity contribution in [2.45, 2.75) is 38.8 Å². The van der Waals surface area contributed by atoms with Gasteiger partial charge in [-0.25, -0.2) is 0 Å². The number of hydrogen-bond acceptors (Lipinski definition) is 2. The summed E-state index contributed by atoms with van der Waals surface area (Å²) in [5, 5.41) is 4.40. The van der Waals surface area contributed by atoms with E-state index in [1.807, 2.05) is 12.1 Å². The molecule has 0 saturated carbocycles. The van der Waals surface area contributed by atoms with E-state index in [2.05, 4.69) is 43.1 Å². The summed E-state index contributed by atoms with van der Waals surface area (Å²) in [6.07, 6.45) is 0. The first kappa shape index (κ1) is 16.8. The third-order valence-corrected chi connectivity index (χ3v) is 3.82. The Morgan fingerprint density at radius 2 is 1.95 bits per heavy atom. The Morgan fingerprint density at radius 3 is 2.53 bits per heavy atom. The van der Waals surface area contributed by atoms with Crippen LogP contribution in [-0.2, 0) is 0 Å². The molecule has 1 heterocycles. The minimum atomic E-state index is 0. The summed E-state index contributed by atoms with van der Waals surface area (Å²) >= 11 is 6.05. The Hall–Kier alpha value is -0.280. The predicted molar refractivity (Wildman–Crippen MR) is 85.6 cm³/mol. The van der Waals surface area contributed by atoms with E-state index in [0.29, 0.717) is 18.0 Å². The molecule has 0 amide bonds. The lowest BCUT2D eigenvalue weighted by molar-refractivity contribution is 0.167. The van der Waals surface area contributed by atoms with Crippen LogP contribution in [0.2, 0.25) is 5.02 Å². The zero-order valence-electron chi connectivity index (χ0n) is 11.9. The van der Waals surface area contributed by atoms with Crippen LogP contribution in [0.5, 0.6) is 0 Å². The van der Waals surface area contributed by atoms with Crippen molar-refractivity contribution in [3.05, 3.63) is 34.9 Å². The number of piperazine rings is 1. The SMILES string of the molecule is CC1CN(CC(C)c2cccc(Cl)c2)CC(C)N1.Cl. The van der Waals surface area contributed by atoms with Crippen molar-refractivity contribution < 1.29 is 0 Å². The summed E-state index contributed by atoms with van der Waals surface area (Å²) in [6, 6.07) is 9.40. The number of halogens is 2. The molecule has 1 aromatic carbocycles. The minimum absolute atomic E-state index is 0. The van der Waals surface area contributed by atoms with E-state index in [1.54, 1.807) is 0 Å². The fraction of sp³-hybridized carbons (Fsp3) is 0.600. The Labute approximate surface area is 127 Å². The van der Waals surface area contributed by atoms with Crippen LogP contribution in [0.3, 0.4) is 0 Å². The first-order valence-electron chi connectivity index (χ1n) is 6.78. The van der Waals surface area contributed by atoms with Crippen LogP contribution in [0.4, 0.5) is 0 Å². The van der Waals surface area contributed by atoms with E-state index in [4.69, 9.17) is 11.6 Å². The second-order valence-electron chi connectivity index (χ2n) is 5.64. The van der Waals surface area contributed by atoms with Gasteiger partial charge in [-0.2, -0.15) is 0 Å². The van der Waals surface area contributed by atoms with Gasteiger partial charge < -0.3 is 5.32 Å². The molecule has 19 heavy (non-hydrogen) atoms. The van der Waals surface area contributed by atoms with Crippen molar-refractivity contribution in [3.8, 4) is 0 Å². The van der Waals surface area contributed by atoms with Crippen LogP contribution in [-0.4, -0.2) is 36.6 Å². The molecular weight excluding hydrogens is 279 g/mol. The predicted octanol–water partition coefficient (Wildman–Crippen LogP) is 3.55. The van der Waals surface area contributed by atoms with Gasteiger partial charge in [-0.1, -0.05) is 30.7 Å². The van der Waals surface area contributed by atoms with Gasteiger partial charge in [0.15, 0.2) is 0 Å². The van der Waals surface area contributed by atoms with Crippen LogP contribution in [0.1, 0.15) is 32.3 Å². The monoisotopic (exact) mass is 302 g/mol. The Balaban J connectivity index is 0.00000180. The Bertz CT molecular complexity index is 387. The van der Waals surface area contributed by atoms with Gasteiger partial charge in [-0.05, 0) is 37.5 Å². The smallest absolute Gasteiger partial charge is 0.0408 e. The van der Waals surface area contributed by atoms with Gasteiger partial charge in [0.1, 0.15) is 0 Å². The van der Waals surface area contributed by atoms with Crippen LogP contribution in [0, 0.1) is 0 Å². The van der Waals surface area contributed by atoms with Crippen molar-refractivity contribution >= 4 is 24.0 Å². The largest absolute Gasteiger partial charge is 0.309 e. The molecule has 0 aromatic heterocycles. The molecule has 1 N–H and O–H groups in total. The maximum atomic E-state index is 6.05. The minimum Gasteiger partial charge on any atom is -0.309 e. The van der Waals surface area contributed by atoms with E-state index in [0.717, 1.165) is 24.7 Å². The summed E-state index contributed by atoms with van der Waals surface area (Å²) in [5.74, 6) is 0.529. The normalized spacial score (nSPS) is 25.7. The van der Waals surface area contributed by atoms with Crippen molar-refractivity contribution in [3.63, 3.8) is 0 Å². The molecule has 0 bridgehead atoms. The van der Waals surface area contributed by atoms with Crippen LogP contribution < -0.4 is 5.32 Å². The average Bonchev–Trinajstić information content (AvgIpc) is 2.27. The van der Waals surface area contributed by atoms with E-state index >= 15 is 0 Å². The lowest BCUT2D eigenvalue weighted by Gasteiger charge is -2.37. The standard InChI is InChI=1S/C15H23ClN2.ClH/c1-11(14-5-4-6-15(16)7-14)8-18-9-12(2)17-13(3)10-18;/h4-7,11-13,17H,8-10H2,1-3H3;1H. The molecule has 2 rings (SSSR count). The average molecular weight is 303 g/mol. The molecule has 2 nitrogen and oxygen atoms in total. The maximum absolute atomic E-state index is 6.05. The third kappa shape index (κ3) is 4.96. The lowest BCUT2D eigenvalue weighted by atomic mass is 9.99. The first-order chi connectivity index (χ1) is 8.54. The molecule has 1 fully saturated rings. The fourth-order valence-electron chi connectivity index (χ4n) is 2.90. The zero-order chi connectivity index (χ0) is 13.1. The van der Waals surface area contributed by atoms with E-state index in [9.17, 15) is 0 Å². The van der Waals surface area contributed by atoms with E-state index in [1.165, 1.54) is 5.56 Å². The number of hydrogen-bond donors (Lipinski definition) is 1. The van der Waals surface area contributed by atoms with Gasteiger partial charge in [-0.15, -0.1) is 12.4 Å². The highest BCUT2D eigenvalue weighted by Crippen LogP contribution is 2.21. The molecule has 1 aliphatic heterocycles. The van der Waals surface area contributed by atoms with Crippen molar-refractivity contribution in [2.75, 3.05) is 19.6 Å². The molecule has 108 valence electrons. The molecule has 4 heteroatoms. The molecule has 3 atom stereocenters. The second-order valence-corrected chi connectivity index (χ2v) is 6.08. The summed E-state index contributed by atoms with van der Waals surface area (Å²) in [4.78, 5) is 2.55. The number of nitrogens with zero attached hydrogens (tertiary/aromatic N) is 1. The molecule has 0 radical (unpaired) electrons. The fourth-order valence-corrected chi connectivity index (χ4v) is 3.09. The summed E-state index contributed by atoms with van der Waals surface area (Å²) in [5.41, 5.74) is 1.33. The van der Waals surface area contributed by atoms with Crippen molar-refractivity contribution in [1.29, 1.82) is 0 Å². The van der Waals surface area contributed by atoms with Gasteiger partial charge in [-0.3, -0.25) is 4.90 Å². The zero-order valence-corrected chi connectivity index (χ0v) is 13.5. The molecular formula is C15H24Cl2N2. The van der Waals surface area contributed by atoms with Gasteiger partial charge in [0.05, 0.1) is 0 Å². The van der Waals surface area contributed by atoms with Gasteiger partial charge in [0, 0.05) is 36.7 Å². The molecule has 0 aliphatic carbocycles. The van der Waals surface area contributed by atoms with Crippen molar-refractivity contribution in [1.82, 2.24) is 10.2 Å². The van der Waals surface area contributed by atoms with Gasteiger partial charge in [0.2, 0.25) is 0 Å². The number of benzene rings is 1. The second kappa shape index (κ2) is 7.49. The molecule has 1 aliphatic rings. The van der Waals surface area contributed by atoms with Crippen LogP contribution >= 0.6 is 24.0 Å². The first-order valence-corrected chi connectivity index (χ1v) is 7.16. The highest BCUT2D eigenvalue weighted by Gasteiger charge is 2.22. The molecule has 3 unspecified atom stereocenters. The van der Waals surface area contributed by atoms with E-state index in [-0.39, 0.29) is 12.4 Å². The van der Waals surface area contributed by atoms with Gasteiger partial charge in [0.25, 0.3) is 0 Å².